The first-order valence-electron chi connectivity index (χ1n) is 4.91. The van der Waals surface area contributed by atoms with Crippen molar-refractivity contribution >= 4 is 28.8 Å². The summed E-state index contributed by atoms with van der Waals surface area (Å²) in [5, 5.41) is 14.7. The van der Waals surface area contributed by atoms with Gasteiger partial charge in [-0.3, -0.25) is 0 Å². The Morgan fingerprint density at radius 1 is 1.19 bits per heavy atom. The molecule has 1 aromatic carbocycles. The normalized spacial score (nSPS) is 16.6. The monoisotopic (exact) mass is 247 g/mol. The lowest BCUT2D eigenvalue weighted by Gasteiger charge is -2.04. The van der Waals surface area contributed by atoms with Crippen LogP contribution in [0.2, 0.25) is 0 Å². The van der Waals surface area contributed by atoms with Crippen LogP contribution in [0.5, 0.6) is 0 Å². The summed E-state index contributed by atoms with van der Waals surface area (Å²) in [5.41, 5.74) is 2.97. The van der Waals surface area contributed by atoms with Crippen molar-refractivity contribution < 1.29 is 5.21 Å². The predicted octanol–water partition coefficient (Wildman–Crippen LogP) is 3.58. The summed E-state index contributed by atoms with van der Waals surface area (Å²) in [7, 11) is 0. The van der Waals surface area contributed by atoms with Crippen LogP contribution in [-0.2, 0) is 5.75 Å². The standard InChI is InChI=1S/C12H9NOS2/c14-13-11-9-3-1-2-4-10(9)16-7-8-5-6-15-12(8)11/h1-6,14H,7H2/b13-11-. The molecular weight excluding hydrogens is 238 g/mol. The summed E-state index contributed by atoms with van der Waals surface area (Å²) >= 11 is 3.42. The van der Waals surface area contributed by atoms with Crippen molar-refractivity contribution in [2.45, 2.75) is 10.6 Å². The lowest BCUT2D eigenvalue weighted by molar-refractivity contribution is 0.319. The lowest BCUT2D eigenvalue weighted by Crippen LogP contribution is -2.02. The van der Waals surface area contributed by atoms with E-state index >= 15 is 0 Å². The van der Waals surface area contributed by atoms with Gasteiger partial charge in [0.2, 0.25) is 0 Å². The number of hydrogen-bond acceptors (Lipinski definition) is 4. The number of rotatable bonds is 0. The fourth-order valence-corrected chi connectivity index (χ4v) is 3.88. The fraction of sp³-hybridized carbons (Fsp3) is 0.0833. The lowest BCUT2D eigenvalue weighted by atomic mass is 10.1. The number of thioether (sulfide) groups is 1. The van der Waals surface area contributed by atoms with Crippen LogP contribution in [0.3, 0.4) is 0 Å². The molecule has 0 unspecified atom stereocenters. The van der Waals surface area contributed by atoms with Crippen LogP contribution in [-0.4, -0.2) is 10.9 Å². The number of oxime groups is 1. The van der Waals surface area contributed by atoms with Crippen molar-refractivity contribution in [2.75, 3.05) is 0 Å². The number of hydrogen-bond donors (Lipinski definition) is 1. The molecule has 0 aliphatic carbocycles. The molecule has 2 nitrogen and oxygen atoms in total. The molecule has 1 aromatic heterocycles. The van der Waals surface area contributed by atoms with Crippen LogP contribution in [0.4, 0.5) is 0 Å². The summed E-state index contributed by atoms with van der Waals surface area (Å²) in [5.74, 6) is 0.939. The molecule has 4 heteroatoms. The number of fused-ring (bicyclic) bond motifs is 2. The van der Waals surface area contributed by atoms with Gasteiger partial charge in [-0.1, -0.05) is 23.4 Å². The van der Waals surface area contributed by atoms with E-state index in [4.69, 9.17) is 0 Å². The predicted molar refractivity (Wildman–Crippen MR) is 67.7 cm³/mol. The first-order valence-corrected chi connectivity index (χ1v) is 6.77. The van der Waals surface area contributed by atoms with Gasteiger partial charge < -0.3 is 5.21 Å². The average molecular weight is 247 g/mol. The molecule has 80 valence electrons. The molecule has 0 saturated heterocycles. The van der Waals surface area contributed by atoms with E-state index in [1.807, 2.05) is 23.6 Å². The summed E-state index contributed by atoms with van der Waals surface area (Å²) in [6.45, 7) is 0. The maximum Gasteiger partial charge on any atom is 0.128 e. The molecule has 2 aromatic rings. The van der Waals surface area contributed by atoms with Gasteiger partial charge >= 0.3 is 0 Å². The van der Waals surface area contributed by atoms with Crippen molar-refractivity contribution in [1.82, 2.24) is 0 Å². The van der Waals surface area contributed by atoms with Gasteiger partial charge in [-0.25, -0.2) is 0 Å². The molecule has 1 aliphatic heterocycles. The molecule has 0 atom stereocenters. The van der Waals surface area contributed by atoms with Crippen LogP contribution in [0, 0.1) is 0 Å². The Bertz CT molecular complexity index is 560. The molecule has 0 amide bonds. The van der Waals surface area contributed by atoms with E-state index in [0.29, 0.717) is 5.71 Å². The van der Waals surface area contributed by atoms with E-state index < -0.39 is 0 Å². The molecule has 0 saturated carbocycles. The van der Waals surface area contributed by atoms with Gasteiger partial charge in [0.1, 0.15) is 5.71 Å². The van der Waals surface area contributed by atoms with Crippen LogP contribution < -0.4 is 0 Å². The second kappa shape index (κ2) is 3.96. The van der Waals surface area contributed by atoms with E-state index in [2.05, 4.69) is 17.3 Å². The van der Waals surface area contributed by atoms with Crippen molar-refractivity contribution in [2.24, 2.45) is 5.16 Å². The zero-order chi connectivity index (χ0) is 11.0. The van der Waals surface area contributed by atoms with E-state index in [1.54, 1.807) is 23.1 Å². The third-order valence-corrected chi connectivity index (χ3v) is 4.67. The van der Waals surface area contributed by atoms with Crippen molar-refractivity contribution in [3.8, 4) is 0 Å². The van der Waals surface area contributed by atoms with Crippen molar-refractivity contribution in [3.63, 3.8) is 0 Å². The van der Waals surface area contributed by atoms with Gasteiger partial charge in [0.15, 0.2) is 0 Å². The van der Waals surface area contributed by atoms with Crippen LogP contribution in [0.1, 0.15) is 16.0 Å². The Hall–Kier alpha value is -1.26. The molecule has 0 fully saturated rings. The van der Waals surface area contributed by atoms with E-state index in [9.17, 15) is 5.21 Å². The highest BCUT2D eigenvalue weighted by Crippen LogP contribution is 2.35. The summed E-state index contributed by atoms with van der Waals surface area (Å²) in [6.07, 6.45) is 0. The summed E-state index contributed by atoms with van der Waals surface area (Å²) < 4.78 is 0. The number of benzene rings is 1. The quantitative estimate of drug-likeness (QED) is 0.570. The summed E-state index contributed by atoms with van der Waals surface area (Å²) in [6, 6.07) is 10.2. The van der Waals surface area contributed by atoms with Gasteiger partial charge in [0.25, 0.3) is 0 Å². The SMILES string of the molecule is O/N=C1/c2ccccc2SCc2ccsc21. The van der Waals surface area contributed by atoms with Crippen LogP contribution in [0.25, 0.3) is 0 Å². The Balaban J connectivity index is 2.26. The third-order valence-electron chi connectivity index (χ3n) is 2.59. The smallest absolute Gasteiger partial charge is 0.128 e. The Morgan fingerprint density at radius 3 is 2.94 bits per heavy atom. The molecular formula is C12H9NOS2. The highest BCUT2D eigenvalue weighted by molar-refractivity contribution is 7.98. The molecule has 16 heavy (non-hydrogen) atoms. The van der Waals surface area contributed by atoms with E-state index in [1.165, 1.54) is 10.5 Å². The molecule has 0 spiro atoms. The van der Waals surface area contributed by atoms with Gasteiger partial charge in [-0.15, -0.1) is 23.1 Å². The summed E-state index contributed by atoms with van der Waals surface area (Å²) in [4.78, 5) is 2.26. The minimum absolute atomic E-state index is 0.700. The van der Waals surface area contributed by atoms with Gasteiger partial charge in [-0.05, 0) is 23.1 Å². The van der Waals surface area contributed by atoms with Crippen LogP contribution in [0.15, 0.2) is 45.8 Å². The van der Waals surface area contributed by atoms with Crippen LogP contribution >= 0.6 is 23.1 Å². The second-order valence-electron chi connectivity index (χ2n) is 3.51. The maximum absolute atomic E-state index is 9.21. The van der Waals surface area contributed by atoms with Crippen molar-refractivity contribution in [3.05, 3.63) is 51.7 Å². The van der Waals surface area contributed by atoms with Gasteiger partial charge in [0.05, 0.1) is 4.88 Å². The first-order chi connectivity index (χ1) is 7.90. The Labute approximate surface area is 102 Å². The van der Waals surface area contributed by atoms with Gasteiger partial charge in [0, 0.05) is 16.2 Å². The molecule has 1 N–H and O–H groups in total. The minimum atomic E-state index is 0.700. The molecule has 1 aliphatic rings. The second-order valence-corrected chi connectivity index (χ2v) is 5.44. The van der Waals surface area contributed by atoms with Crippen molar-refractivity contribution in [1.29, 1.82) is 0 Å². The molecule has 0 bridgehead atoms. The average Bonchev–Trinajstić information content (AvgIpc) is 2.72. The Kier molecular flexibility index (Phi) is 2.46. The third kappa shape index (κ3) is 1.45. The van der Waals surface area contributed by atoms with E-state index in [0.717, 1.165) is 16.2 Å². The molecule has 2 heterocycles. The minimum Gasteiger partial charge on any atom is -0.410 e. The maximum atomic E-state index is 9.21. The van der Waals surface area contributed by atoms with E-state index in [-0.39, 0.29) is 0 Å². The highest BCUT2D eigenvalue weighted by atomic mass is 32.2. The molecule has 3 rings (SSSR count). The Morgan fingerprint density at radius 2 is 2.06 bits per heavy atom. The zero-order valence-electron chi connectivity index (χ0n) is 8.38. The molecule has 0 radical (unpaired) electrons. The highest BCUT2D eigenvalue weighted by Gasteiger charge is 2.20. The first kappa shape index (κ1) is 9.93. The zero-order valence-corrected chi connectivity index (χ0v) is 10.0. The van der Waals surface area contributed by atoms with Gasteiger partial charge in [-0.2, -0.15) is 0 Å². The number of nitrogens with zero attached hydrogens (tertiary/aromatic N) is 1. The topological polar surface area (TPSA) is 32.6 Å². The number of thiophene rings is 1. The largest absolute Gasteiger partial charge is 0.410 e. The fourth-order valence-electron chi connectivity index (χ4n) is 1.82.